The summed E-state index contributed by atoms with van der Waals surface area (Å²) in [5, 5.41) is 0. The topological polar surface area (TPSA) is 72.9 Å². The van der Waals surface area contributed by atoms with E-state index in [4.69, 9.17) is 9.47 Å². The van der Waals surface area contributed by atoms with Crippen LogP contribution < -0.4 is 4.74 Å². The first-order chi connectivity index (χ1) is 10.9. The summed E-state index contributed by atoms with van der Waals surface area (Å²) in [6.45, 7) is 2.59. The van der Waals surface area contributed by atoms with Crippen LogP contribution in [-0.4, -0.2) is 45.5 Å². The molecule has 0 spiro atoms. The number of carbonyl (C=O) groups is 1. The fourth-order valence-corrected chi connectivity index (χ4v) is 4.51. The first kappa shape index (κ1) is 18.2. The van der Waals surface area contributed by atoms with Crippen LogP contribution in [0.5, 0.6) is 5.75 Å². The second-order valence-electron chi connectivity index (χ2n) is 5.25. The van der Waals surface area contributed by atoms with Gasteiger partial charge in [-0.2, -0.15) is 4.31 Å². The Morgan fingerprint density at radius 1 is 1.43 bits per heavy atom. The number of hydrogen-bond acceptors (Lipinski definition) is 5. The van der Waals surface area contributed by atoms with Gasteiger partial charge in [-0.15, -0.1) is 0 Å². The number of methoxy groups -OCH3 is 1. The predicted octanol–water partition coefficient (Wildman–Crippen LogP) is 2.42. The molecule has 1 aliphatic rings. The van der Waals surface area contributed by atoms with E-state index in [1.165, 1.54) is 23.5 Å². The molecule has 8 heteroatoms. The highest BCUT2D eigenvalue weighted by atomic mass is 79.9. The van der Waals surface area contributed by atoms with Gasteiger partial charge in [0.05, 0.1) is 29.0 Å². The van der Waals surface area contributed by atoms with Gasteiger partial charge in [-0.3, -0.25) is 4.79 Å². The number of hydrogen-bond donors (Lipinski definition) is 0. The smallest absolute Gasteiger partial charge is 0.310 e. The molecule has 0 N–H and O–H groups in total. The fourth-order valence-electron chi connectivity index (χ4n) is 2.56. The lowest BCUT2D eigenvalue weighted by Gasteiger charge is -2.30. The normalized spacial score (nSPS) is 19.3. The number of benzene rings is 1. The van der Waals surface area contributed by atoms with E-state index in [1.54, 1.807) is 13.0 Å². The summed E-state index contributed by atoms with van der Waals surface area (Å²) in [4.78, 5) is 12.0. The molecule has 1 aromatic carbocycles. The van der Waals surface area contributed by atoms with Crippen LogP contribution in [0.1, 0.15) is 19.8 Å². The van der Waals surface area contributed by atoms with Crippen molar-refractivity contribution in [2.45, 2.75) is 24.7 Å². The number of nitrogens with zero attached hydrogens (tertiary/aromatic N) is 1. The van der Waals surface area contributed by atoms with E-state index in [9.17, 15) is 13.2 Å². The molecule has 0 aromatic heterocycles. The van der Waals surface area contributed by atoms with Crippen LogP contribution in [0.15, 0.2) is 27.6 Å². The average molecular weight is 406 g/mol. The van der Waals surface area contributed by atoms with E-state index >= 15 is 0 Å². The summed E-state index contributed by atoms with van der Waals surface area (Å²) in [5.74, 6) is -0.290. The Bertz CT molecular complexity index is 676. The molecule has 23 heavy (non-hydrogen) atoms. The van der Waals surface area contributed by atoms with Gasteiger partial charge in [0, 0.05) is 19.2 Å². The van der Waals surface area contributed by atoms with Crippen molar-refractivity contribution < 1.29 is 22.7 Å². The summed E-state index contributed by atoms with van der Waals surface area (Å²) < 4.78 is 37.8. The van der Waals surface area contributed by atoms with E-state index in [0.717, 1.165) is 0 Å². The quantitative estimate of drug-likeness (QED) is 0.703. The van der Waals surface area contributed by atoms with E-state index in [-0.39, 0.29) is 17.4 Å². The zero-order chi connectivity index (χ0) is 17.0. The van der Waals surface area contributed by atoms with E-state index in [1.807, 2.05) is 0 Å². The van der Waals surface area contributed by atoms with Gasteiger partial charge in [0.2, 0.25) is 10.0 Å². The Hall–Kier alpha value is -1.12. The van der Waals surface area contributed by atoms with Crippen molar-refractivity contribution in [2.75, 3.05) is 26.8 Å². The molecule has 2 rings (SSSR count). The molecule has 128 valence electrons. The molecule has 1 atom stereocenters. The maximum atomic E-state index is 12.8. The van der Waals surface area contributed by atoms with Crippen LogP contribution >= 0.6 is 15.9 Å². The fraction of sp³-hybridized carbons (Fsp3) is 0.533. The van der Waals surface area contributed by atoms with Crippen molar-refractivity contribution in [2.24, 2.45) is 5.92 Å². The number of ether oxygens (including phenoxy) is 2. The SMILES string of the molecule is CCOC(=O)[C@@H]1CCCN(S(=O)(=O)c2ccc(Br)c(OC)c2)C1. The first-order valence-electron chi connectivity index (χ1n) is 7.40. The van der Waals surface area contributed by atoms with Crippen molar-refractivity contribution in [3.05, 3.63) is 22.7 Å². The van der Waals surface area contributed by atoms with Crippen LogP contribution in [0.4, 0.5) is 0 Å². The molecular weight excluding hydrogens is 386 g/mol. The molecule has 0 radical (unpaired) electrons. The van der Waals surface area contributed by atoms with Gasteiger partial charge in [0.1, 0.15) is 5.75 Å². The first-order valence-corrected chi connectivity index (χ1v) is 9.63. The van der Waals surface area contributed by atoms with Gasteiger partial charge in [-0.1, -0.05) is 0 Å². The highest BCUT2D eigenvalue weighted by Crippen LogP contribution is 2.30. The molecule has 0 aliphatic carbocycles. The molecule has 1 aromatic rings. The highest BCUT2D eigenvalue weighted by molar-refractivity contribution is 9.10. The molecule has 0 bridgehead atoms. The standard InChI is InChI=1S/C15H20BrNO5S/c1-3-22-15(18)11-5-4-8-17(10-11)23(19,20)12-6-7-13(16)14(9-12)21-2/h6-7,9,11H,3-5,8,10H2,1-2H3/t11-/m1/s1. The number of carbonyl (C=O) groups excluding carboxylic acids is 1. The summed E-state index contributed by atoms with van der Waals surface area (Å²) in [5.41, 5.74) is 0. The van der Waals surface area contributed by atoms with Gasteiger partial charge >= 0.3 is 5.97 Å². The maximum absolute atomic E-state index is 12.8. The van der Waals surface area contributed by atoms with Gasteiger partial charge < -0.3 is 9.47 Å². The maximum Gasteiger partial charge on any atom is 0.310 e. The minimum Gasteiger partial charge on any atom is -0.496 e. The Morgan fingerprint density at radius 3 is 2.83 bits per heavy atom. The van der Waals surface area contributed by atoms with Crippen molar-refractivity contribution in [1.29, 1.82) is 0 Å². The Balaban J connectivity index is 2.23. The monoisotopic (exact) mass is 405 g/mol. The van der Waals surface area contributed by atoms with Gasteiger partial charge in [0.15, 0.2) is 0 Å². The number of esters is 1. The van der Waals surface area contributed by atoms with Crippen molar-refractivity contribution in [3.8, 4) is 5.75 Å². The zero-order valence-corrected chi connectivity index (χ0v) is 15.5. The lowest BCUT2D eigenvalue weighted by atomic mass is 10.0. The molecule has 0 amide bonds. The highest BCUT2D eigenvalue weighted by Gasteiger charge is 2.34. The van der Waals surface area contributed by atoms with Crippen LogP contribution in [0.2, 0.25) is 0 Å². The molecular formula is C15H20BrNO5S. The lowest BCUT2D eigenvalue weighted by molar-refractivity contribution is -0.149. The number of halogens is 1. The second kappa shape index (κ2) is 7.63. The minimum atomic E-state index is -3.67. The second-order valence-corrected chi connectivity index (χ2v) is 8.04. The average Bonchev–Trinajstić information content (AvgIpc) is 2.55. The third kappa shape index (κ3) is 4.05. The van der Waals surface area contributed by atoms with Crippen LogP contribution in [0.3, 0.4) is 0 Å². The van der Waals surface area contributed by atoms with E-state index in [2.05, 4.69) is 15.9 Å². The summed E-state index contributed by atoms with van der Waals surface area (Å²) in [7, 11) is -2.19. The largest absolute Gasteiger partial charge is 0.496 e. The molecule has 6 nitrogen and oxygen atoms in total. The van der Waals surface area contributed by atoms with Crippen LogP contribution in [0, 0.1) is 5.92 Å². The van der Waals surface area contributed by atoms with Gasteiger partial charge in [-0.25, -0.2) is 8.42 Å². The molecule has 1 saturated heterocycles. The Morgan fingerprint density at radius 2 is 2.17 bits per heavy atom. The number of sulfonamides is 1. The zero-order valence-electron chi connectivity index (χ0n) is 13.1. The lowest BCUT2D eigenvalue weighted by Crippen LogP contribution is -2.42. The van der Waals surface area contributed by atoms with Crippen molar-refractivity contribution in [1.82, 2.24) is 4.31 Å². The van der Waals surface area contributed by atoms with E-state index in [0.29, 0.717) is 36.2 Å². The molecule has 0 saturated carbocycles. The summed E-state index contributed by atoms with van der Waals surface area (Å²) in [6, 6.07) is 4.64. The third-order valence-electron chi connectivity index (χ3n) is 3.76. The van der Waals surface area contributed by atoms with Crippen molar-refractivity contribution in [3.63, 3.8) is 0 Å². The summed E-state index contributed by atoms with van der Waals surface area (Å²) in [6.07, 6.45) is 1.28. The molecule has 1 aliphatic heterocycles. The Kier molecular flexibility index (Phi) is 6.05. The minimum absolute atomic E-state index is 0.152. The van der Waals surface area contributed by atoms with Gasteiger partial charge in [-0.05, 0) is 47.8 Å². The Labute approximate surface area is 144 Å². The van der Waals surface area contributed by atoms with E-state index < -0.39 is 15.9 Å². The molecule has 1 fully saturated rings. The van der Waals surface area contributed by atoms with Crippen molar-refractivity contribution >= 4 is 31.9 Å². The third-order valence-corrected chi connectivity index (χ3v) is 6.28. The molecule has 1 heterocycles. The predicted molar refractivity (Wildman–Crippen MR) is 88.8 cm³/mol. The number of rotatable bonds is 5. The van der Waals surface area contributed by atoms with Crippen LogP contribution in [-0.2, 0) is 19.6 Å². The number of piperidine rings is 1. The molecule has 0 unspecified atom stereocenters. The van der Waals surface area contributed by atoms with Crippen LogP contribution in [0.25, 0.3) is 0 Å². The summed E-state index contributed by atoms with van der Waals surface area (Å²) >= 11 is 3.30. The van der Waals surface area contributed by atoms with Gasteiger partial charge in [0.25, 0.3) is 0 Å².